The first-order chi connectivity index (χ1) is 14.4. The fourth-order valence-electron chi connectivity index (χ4n) is 4.48. The molecule has 0 bridgehead atoms. The van der Waals surface area contributed by atoms with Gasteiger partial charge in [-0.25, -0.2) is 9.18 Å². The topological polar surface area (TPSA) is 118 Å². The number of nitrogens with two attached hydrogens (primary N) is 1. The number of pyridine rings is 1. The van der Waals surface area contributed by atoms with E-state index in [4.69, 9.17) is 10.5 Å². The number of aliphatic hydroxyl groups excluding tert-OH is 1. The Morgan fingerprint density at radius 2 is 2.10 bits per heavy atom. The summed E-state index contributed by atoms with van der Waals surface area (Å²) in [6.45, 7) is 0.994. The lowest BCUT2D eigenvalue weighted by molar-refractivity contribution is 0.0694. The highest BCUT2D eigenvalue weighted by Crippen LogP contribution is 2.44. The predicted molar refractivity (Wildman–Crippen MR) is 110 cm³/mol. The molecule has 2 aromatic rings. The molecule has 1 aromatic carbocycles. The van der Waals surface area contributed by atoms with E-state index in [1.807, 2.05) is 4.90 Å². The number of aliphatic hydroxyl groups is 1. The van der Waals surface area contributed by atoms with Crippen molar-refractivity contribution >= 4 is 22.6 Å². The zero-order valence-corrected chi connectivity index (χ0v) is 16.8. The number of fused-ring (bicyclic) bond motifs is 1. The molecule has 0 spiro atoms. The molecule has 4 N–H and O–H groups in total. The number of methoxy groups -OCH3 is 1. The zero-order chi connectivity index (χ0) is 21.6. The first-order valence-electron chi connectivity index (χ1n) is 10.2. The molecule has 1 saturated heterocycles. The van der Waals surface area contributed by atoms with E-state index < -0.39 is 17.2 Å². The SMILES string of the molecule is COc1c(N2CCC(CCO)C(N)C2)c(F)cc2c(=O)c(C(=O)O)cn(C3CC3)c12. The minimum absolute atomic E-state index is 0.000588. The predicted octanol–water partition coefficient (Wildman–Crippen LogP) is 1.72. The van der Waals surface area contributed by atoms with Crippen molar-refractivity contribution in [2.24, 2.45) is 11.7 Å². The minimum Gasteiger partial charge on any atom is -0.492 e. The average Bonchev–Trinajstić information content (AvgIpc) is 3.54. The number of aromatic carboxylic acids is 1. The van der Waals surface area contributed by atoms with Crippen molar-refractivity contribution in [3.63, 3.8) is 0 Å². The number of carboxylic acid groups (broad SMARTS) is 1. The molecule has 1 saturated carbocycles. The summed E-state index contributed by atoms with van der Waals surface area (Å²) in [5, 5.41) is 18.6. The third-order valence-electron chi connectivity index (χ3n) is 6.20. The molecule has 1 aliphatic carbocycles. The van der Waals surface area contributed by atoms with Gasteiger partial charge in [-0.1, -0.05) is 0 Å². The molecule has 0 radical (unpaired) electrons. The maximum Gasteiger partial charge on any atom is 0.341 e. The second-order valence-corrected chi connectivity index (χ2v) is 8.12. The lowest BCUT2D eigenvalue weighted by Gasteiger charge is -2.38. The molecular formula is C21H26FN3O5. The van der Waals surface area contributed by atoms with Gasteiger partial charge in [-0.15, -0.1) is 0 Å². The monoisotopic (exact) mass is 419 g/mol. The van der Waals surface area contributed by atoms with Crippen molar-refractivity contribution in [1.82, 2.24) is 4.57 Å². The van der Waals surface area contributed by atoms with Gasteiger partial charge in [-0.3, -0.25) is 4.79 Å². The summed E-state index contributed by atoms with van der Waals surface area (Å²) in [6, 6.07) is 0.938. The first-order valence-corrected chi connectivity index (χ1v) is 10.2. The average molecular weight is 419 g/mol. The van der Waals surface area contributed by atoms with Gasteiger partial charge >= 0.3 is 5.97 Å². The van der Waals surface area contributed by atoms with Crippen LogP contribution in [0.4, 0.5) is 10.1 Å². The van der Waals surface area contributed by atoms with Crippen LogP contribution in [-0.2, 0) is 0 Å². The molecule has 4 rings (SSSR count). The van der Waals surface area contributed by atoms with Crippen LogP contribution in [0.25, 0.3) is 10.9 Å². The number of nitrogens with zero attached hydrogens (tertiary/aromatic N) is 2. The van der Waals surface area contributed by atoms with Gasteiger partial charge in [0.2, 0.25) is 5.43 Å². The fraction of sp³-hybridized carbons (Fsp3) is 0.524. The number of hydrogen-bond donors (Lipinski definition) is 3. The molecule has 1 aromatic heterocycles. The normalized spacial score (nSPS) is 21.8. The van der Waals surface area contributed by atoms with Gasteiger partial charge < -0.3 is 30.2 Å². The molecule has 9 heteroatoms. The summed E-state index contributed by atoms with van der Waals surface area (Å²) in [6.07, 6.45) is 4.35. The third kappa shape index (κ3) is 3.41. The van der Waals surface area contributed by atoms with Crippen molar-refractivity contribution in [3.8, 4) is 5.75 Å². The summed E-state index contributed by atoms with van der Waals surface area (Å²) < 4.78 is 22.6. The van der Waals surface area contributed by atoms with Crippen LogP contribution in [0.3, 0.4) is 0 Å². The number of aromatic nitrogens is 1. The van der Waals surface area contributed by atoms with Crippen LogP contribution in [0.5, 0.6) is 5.75 Å². The number of anilines is 1. The quantitative estimate of drug-likeness (QED) is 0.652. The molecule has 2 unspecified atom stereocenters. The van der Waals surface area contributed by atoms with Crippen LogP contribution >= 0.6 is 0 Å². The fourth-order valence-corrected chi connectivity index (χ4v) is 4.48. The van der Waals surface area contributed by atoms with E-state index in [2.05, 4.69) is 0 Å². The van der Waals surface area contributed by atoms with Crippen LogP contribution in [0.2, 0.25) is 0 Å². The molecule has 30 heavy (non-hydrogen) atoms. The Kier molecular flexibility index (Phi) is 5.42. The van der Waals surface area contributed by atoms with Gasteiger partial charge in [0.1, 0.15) is 11.3 Å². The number of ether oxygens (including phenoxy) is 1. The Hall–Kier alpha value is -2.65. The Labute approximate surface area is 172 Å². The summed E-state index contributed by atoms with van der Waals surface area (Å²) in [4.78, 5) is 26.1. The summed E-state index contributed by atoms with van der Waals surface area (Å²) >= 11 is 0. The van der Waals surface area contributed by atoms with E-state index >= 15 is 4.39 Å². The maximum atomic E-state index is 15.3. The van der Waals surface area contributed by atoms with E-state index in [-0.39, 0.29) is 47.0 Å². The lowest BCUT2D eigenvalue weighted by atomic mass is 9.89. The van der Waals surface area contributed by atoms with Gasteiger partial charge in [0.25, 0.3) is 0 Å². The molecule has 162 valence electrons. The van der Waals surface area contributed by atoms with Crippen molar-refractivity contribution in [2.45, 2.75) is 37.8 Å². The number of halogens is 1. The van der Waals surface area contributed by atoms with Crippen LogP contribution in [0.15, 0.2) is 17.1 Å². The highest BCUT2D eigenvalue weighted by Gasteiger charge is 2.33. The molecule has 8 nitrogen and oxygen atoms in total. The van der Waals surface area contributed by atoms with Gasteiger partial charge in [0.15, 0.2) is 11.6 Å². The highest BCUT2D eigenvalue weighted by molar-refractivity contribution is 5.97. The van der Waals surface area contributed by atoms with E-state index in [9.17, 15) is 19.8 Å². The molecule has 2 aliphatic rings. The Bertz CT molecular complexity index is 1050. The second kappa shape index (κ2) is 7.88. The second-order valence-electron chi connectivity index (χ2n) is 8.12. The zero-order valence-electron chi connectivity index (χ0n) is 16.8. The number of rotatable bonds is 6. The largest absolute Gasteiger partial charge is 0.492 e. The molecule has 1 aliphatic heterocycles. The van der Waals surface area contributed by atoms with Crippen LogP contribution in [-0.4, -0.2) is 53.6 Å². The summed E-state index contributed by atoms with van der Waals surface area (Å²) in [5.41, 5.74) is 5.82. The Morgan fingerprint density at radius 3 is 2.67 bits per heavy atom. The first kappa shape index (κ1) is 20.6. The van der Waals surface area contributed by atoms with Gasteiger partial charge in [-0.2, -0.15) is 0 Å². The van der Waals surface area contributed by atoms with Crippen molar-refractivity contribution < 1.29 is 24.1 Å². The maximum absolute atomic E-state index is 15.3. The van der Waals surface area contributed by atoms with E-state index in [0.29, 0.717) is 31.4 Å². The van der Waals surface area contributed by atoms with Gasteiger partial charge in [0, 0.05) is 38.0 Å². The summed E-state index contributed by atoms with van der Waals surface area (Å²) in [7, 11) is 1.42. The third-order valence-corrected chi connectivity index (χ3v) is 6.20. The number of carbonyl (C=O) groups is 1. The molecule has 2 atom stereocenters. The van der Waals surface area contributed by atoms with Crippen LogP contribution in [0, 0.1) is 11.7 Å². The lowest BCUT2D eigenvalue weighted by Crippen LogP contribution is -2.49. The van der Waals surface area contributed by atoms with Crippen LogP contribution < -0.4 is 20.8 Å². The number of hydrogen-bond acceptors (Lipinski definition) is 6. The van der Waals surface area contributed by atoms with E-state index in [1.54, 1.807) is 4.57 Å². The van der Waals surface area contributed by atoms with Crippen molar-refractivity contribution in [1.29, 1.82) is 0 Å². The molecule has 0 amide bonds. The molecule has 2 heterocycles. The van der Waals surface area contributed by atoms with Crippen molar-refractivity contribution in [2.75, 3.05) is 31.7 Å². The number of benzene rings is 1. The molecule has 2 fully saturated rings. The van der Waals surface area contributed by atoms with E-state index in [0.717, 1.165) is 18.9 Å². The number of carboxylic acids is 1. The minimum atomic E-state index is -1.34. The Balaban J connectivity index is 1.89. The van der Waals surface area contributed by atoms with E-state index in [1.165, 1.54) is 13.3 Å². The number of piperidine rings is 1. The smallest absolute Gasteiger partial charge is 0.341 e. The van der Waals surface area contributed by atoms with Crippen LogP contribution in [0.1, 0.15) is 42.1 Å². The van der Waals surface area contributed by atoms with Gasteiger partial charge in [-0.05, 0) is 37.7 Å². The highest BCUT2D eigenvalue weighted by atomic mass is 19.1. The van der Waals surface area contributed by atoms with Gasteiger partial charge in [0.05, 0.1) is 18.0 Å². The molecular weight excluding hydrogens is 393 g/mol. The standard InChI is InChI=1S/C21H26FN3O5/c1-30-20-17-13(19(27)14(21(28)29)9-25(17)12-2-3-12)8-15(22)18(20)24-6-4-11(5-7-26)16(23)10-24/h8-9,11-12,16,26H,2-7,10,23H2,1H3,(H,28,29). The van der Waals surface area contributed by atoms with Crippen molar-refractivity contribution in [3.05, 3.63) is 33.9 Å². The summed E-state index contributed by atoms with van der Waals surface area (Å²) in [5.74, 6) is -1.60. The Morgan fingerprint density at radius 1 is 1.37 bits per heavy atom.